The van der Waals surface area contributed by atoms with Crippen molar-refractivity contribution >= 4 is 32.9 Å². The number of hydrogen-bond acceptors (Lipinski definition) is 5. The number of benzene rings is 2. The molecule has 0 unspecified atom stereocenters. The van der Waals surface area contributed by atoms with E-state index in [1.54, 1.807) is 36.4 Å². The van der Waals surface area contributed by atoms with Gasteiger partial charge in [0, 0.05) is 12.1 Å². The van der Waals surface area contributed by atoms with Gasteiger partial charge in [0.1, 0.15) is 0 Å². The summed E-state index contributed by atoms with van der Waals surface area (Å²) in [7, 11) is -3.81. The smallest absolute Gasteiger partial charge is 0.261 e. The molecule has 0 saturated carbocycles. The lowest BCUT2D eigenvalue weighted by Gasteiger charge is -2.20. The number of anilines is 1. The van der Waals surface area contributed by atoms with E-state index in [0.717, 1.165) is 37.1 Å². The average Bonchev–Trinajstić information content (AvgIpc) is 3.24. The number of aryl methyl sites for hydroxylation is 1. The molecule has 7 heteroatoms. The van der Waals surface area contributed by atoms with Crippen LogP contribution in [0.5, 0.6) is 0 Å². The highest BCUT2D eigenvalue weighted by Gasteiger charge is 2.21. The molecule has 1 N–H and O–H groups in total. The second-order valence-electron chi connectivity index (χ2n) is 7.93. The van der Waals surface area contributed by atoms with E-state index in [-0.39, 0.29) is 22.0 Å². The van der Waals surface area contributed by atoms with E-state index < -0.39 is 10.0 Å². The van der Waals surface area contributed by atoms with Gasteiger partial charge in [0.15, 0.2) is 11.6 Å². The maximum atomic E-state index is 13.0. The van der Waals surface area contributed by atoms with Crippen LogP contribution < -0.4 is 4.72 Å². The molecule has 0 bridgehead atoms. The Labute approximate surface area is 182 Å². The van der Waals surface area contributed by atoms with Crippen LogP contribution in [0.1, 0.15) is 29.5 Å². The highest BCUT2D eigenvalue weighted by Crippen LogP contribution is 2.29. The molecule has 0 amide bonds. The molecule has 2 aromatic rings. The predicted octanol–water partition coefficient (Wildman–Crippen LogP) is 3.48. The maximum Gasteiger partial charge on any atom is 0.261 e. The van der Waals surface area contributed by atoms with E-state index in [9.17, 15) is 18.0 Å². The third kappa shape index (κ3) is 4.84. The van der Waals surface area contributed by atoms with E-state index in [1.165, 1.54) is 18.2 Å². The molecule has 2 aromatic carbocycles. The van der Waals surface area contributed by atoms with Crippen LogP contribution in [0.15, 0.2) is 65.6 Å². The van der Waals surface area contributed by atoms with E-state index in [0.29, 0.717) is 17.8 Å². The van der Waals surface area contributed by atoms with Crippen molar-refractivity contribution in [1.82, 2.24) is 4.90 Å². The topological polar surface area (TPSA) is 83.5 Å². The summed E-state index contributed by atoms with van der Waals surface area (Å²) < 4.78 is 28.8. The van der Waals surface area contributed by atoms with Crippen LogP contribution in [0.4, 0.5) is 5.69 Å². The molecule has 1 heterocycles. The van der Waals surface area contributed by atoms with Crippen LogP contribution in [0.3, 0.4) is 0 Å². The summed E-state index contributed by atoms with van der Waals surface area (Å²) in [6.07, 6.45) is 6.01. The first-order valence-electron chi connectivity index (χ1n) is 10.2. The second-order valence-corrected chi connectivity index (χ2v) is 9.61. The van der Waals surface area contributed by atoms with Crippen LogP contribution in [0.2, 0.25) is 0 Å². The van der Waals surface area contributed by atoms with Crippen LogP contribution in [-0.4, -0.2) is 38.0 Å². The summed E-state index contributed by atoms with van der Waals surface area (Å²) in [4.78, 5) is 26.5. The normalized spacial score (nSPS) is 17.1. The third-order valence-corrected chi connectivity index (χ3v) is 6.92. The molecule has 1 fully saturated rings. The molecule has 1 aliphatic heterocycles. The highest BCUT2D eigenvalue weighted by molar-refractivity contribution is 7.92. The average molecular weight is 437 g/mol. The molecule has 0 aromatic heterocycles. The van der Waals surface area contributed by atoms with Crippen molar-refractivity contribution in [1.29, 1.82) is 0 Å². The number of nitrogens with zero attached hydrogens (tertiary/aromatic N) is 1. The van der Waals surface area contributed by atoms with E-state index >= 15 is 0 Å². The van der Waals surface area contributed by atoms with Gasteiger partial charge in [-0.05, 0) is 80.4 Å². The van der Waals surface area contributed by atoms with Crippen molar-refractivity contribution in [3.63, 3.8) is 0 Å². The van der Waals surface area contributed by atoms with Crippen molar-refractivity contribution in [3.8, 4) is 0 Å². The molecule has 0 radical (unpaired) electrons. The van der Waals surface area contributed by atoms with Gasteiger partial charge in [0.25, 0.3) is 10.0 Å². The Kier molecular flexibility index (Phi) is 5.89. The molecule has 0 atom stereocenters. The number of likely N-dealkylation sites (tertiary alicyclic amines) is 1. The van der Waals surface area contributed by atoms with Crippen molar-refractivity contribution in [2.24, 2.45) is 0 Å². The van der Waals surface area contributed by atoms with Crippen molar-refractivity contribution in [2.45, 2.75) is 31.2 Å². The fraction of sp³-hybridized carbons (Fsp3) is 0.250. The minimum atomic E-state index is -3.81. The predicted molar refractivity (Wildman–Crippen MR) is 120 cm³/mol. The van der Waals surface area contributed by atoms with Crippen molar-refractivity contribution < 1.29 is 18.0 Å². The molecule has 160 valence electrons. The van der Waals surface area contributed by atoms with Gasteiger partial charge < -0.3 is 0 Å². The Hall–Kier alpha value is -3.03. The van der Waals surface area contributed by atoms with Crippen molar-refractivity contribution in [3.05, 3.63) is 77.4 Å². The van der Waals surface area contributed by atoms with Crippen molar-refractivity contribution in [2.75, 3.05) is 17.8 Å². The van der Waals surface area contributed by atoms with Gasteiger partial charge in [-0.3, -0.25) is 19.2 Å². The highest BCUT2D eigenvalue weighted by atomic mass is 32.2. The first-order valence-corrected chi connectivity index (χ1v) is 11.7. The fourth-order valence-electron chi connectivity index (χ4n) is 3.81. The maximum absolute atomic E-state index is 13.0. The molecular formula is C24H24N2O4S. The third-order valence-electron chi connectivity index (χ3n) is 5.54. The van der Waals surface area contributed by atoms with Crippen LogP contribution in [0.25, 0.3) is 5.57 Å². The summed E-state index contributed by atoms with van der Waals surface area (Å²) in [5, 5.41) is 0. The Morgan fingerprint density at radius 3 is 2.39 bits per heavy atom. The lowest BCUT2D eigenvalue weighted by atomic mass is 9.95. The standard InChI is InChI=1S/C24H24N2O4S/c1-17-4-9-21(10-5-17)31(29,30)25-23-14-18(22-15-20(27)8-11-24(22)28)6-7-19(23)16-26-12-2-3-13-26/h4-11,14-15,25H,2-3,12-13,16H2,1H3. The number of ketones is 2. The monoisotopic (exact) mass is 436 g/mol. The number of carbonyl (C=O) groups is 2. The number of sulfonamides is 1. The first-order chi connectivity index (χ1) is 14.8. The van der Waals surface area contributed by atoms with Gasteiger partial charge in [0.05, 0.1) is 10.6 Å². The molecule has 1 saturated heterocycles. The summed E-state index contributed by atoms with van der Waals surface area (Å²) in [5.41, 5.74) is 2.98. The lowest BCUT2D eigenvalue weighted by Crippen LogP contribution is -2.21. The van der Waals surface area contributed by atoms with Gasteiger partial charge in [0.2, 0.25) is 0 Å². The number of allylic oxidation sites excluding steroid dienone is 4. The number of hydrogen-bond donors (Lipinski definition) is 1. The van der Waals surface area contributed by atoms with Crippen LogP contribution >= 0.6 is 0 Å². The summed E-state index contributed by atoms with van der Waals surface area (Å²) >= 11 is 0. The zero-order valence-electron chi connectivity index (χ0n) is 17.3. The Morgan fingerprint density at radius 1 is 0.968 bits per heavy atom. The van der Waals surface area contributed by atoms with Gasteiger partial charge in [-0.15, -0.1) is 0 Å². The minimum absolute atomic E-state index is 0.168. The number of rotatable bonds is 6. The summed E-state index contributed by atoms with van der Waals surface area (Å²) in [6, 6.07) is 11.9. The van der Waals surface area contributed by atoms with E-state index in [1.807, 2.05) is 13.0 Å². The summed E-state index contributed by atoms with van der Waals surface area (Å²) in [5.74, 6) is -0.545. The molecule has 1 aliphatic carbocycles. The quantitative estimate of drug-likeness (QED) is 0.701. The molecule has 0 spiro atoms. The van der Waals surface area contributed by atoms with Gasteiger partial charge in [-0.1, -0.05) is 29.8 Å². The molecule has 2 aliphatic rings. The lowest BCUT2D eigenvalue weighted by molar-refractivity contribution is -0.113. The van der Waals surface area contributed by atoms with Crippen LogP contribution in [0, 0.1) is 6.92 Å². The first kappa shape index (κ1) is 21.2. The Bertz CT molecular complexity index is 1190. The largest absolute Gasteiger partial charge is 0.299 e. The minimum Gasteiger partial charge on any atom is -0.299 e. The molecule has 31 heavy (non-hydrogen) atoms. The SMILES string of the molecule is Cc1ccc(S(=O)(=O)Nc2cc(C3=CC(=O)C=CC3=O)ccc2CN2CCCC2)cc1. The zero-order valence-corrected chi connectivity index (χ0v) is 18.1. The second kappa shape index (κ2) is 8.61. The van der Waals surface area contributed by atoms with Gasteiger partial charge in [-0.2, -0.15) is 0 Å². The number of nitrogens with one attached hydrogen (secondary N) is 1. The van der Waals surface area contributed by atoms with Gasteiger partial charge in [-0.25, -0.2) is 8.42 Å². The van der Waals surface area contributed by atoms with Gasteiger partial charge >= 0.3 is 0 Å². The number of carbonyl (C=O) groups excluding carboxylic acids is 2. The van der Waals surface area contributed by atoms with Crippen LogP contribution in [-0.2, 0) is 26.2 Å². The Morgan fingerprint density at radius 2 is 1.68 bits per heavy atom. The molecule has 4 rings (SSSR count). The zero-order chi connectivity index (χ0) is 22.0. The van der Waals surface area contributed by atoms with E-state index in [4.69, 9.17) is 0 Å². The molecular weight excluding hydrogens is 412 g/mol. The summed E-state index contributed by atoms with van der Waals surface area (Å²) in [6.45, 7) is 4.44. The Balaban J connectivity index is 1.72. The molecule has 6 nitrogen and oxygen atoms in total. The fourth-order valence-corrected chi connectivity index (χ4v) is 4.91. The van der Waals surface area contributed by atoms with E-state index in [2.05, 4.69) is 9.62 Å².